The fraction of sp³-hybridized carbons (Fsp3) is 0.364. The van der Waals surface area contributed by atoms with Gasteiger partial charge >= 0.3 is 0 Å². The predicted octanol–water partition coefficient (Wildman–Crippen LogP) is 5.40. The van der Waals surface area contributed by atoms with E-state index in [4.69, 9.17) is 46.4 Å². The molecular formula is C22H23Cl4N3O2. The number of carbonyl (C=O) groups is 2. The van der Waals surface area contributed by atoms with Crippen LogP contribution in [0.3, 0.4) is 0 Å². The number of rotatable bonds is 5. The van der Waals surface area contributed by atoms with Gasteiger partial charge in [0.1, 0.15) is 6.04 Å². The van der Waals surface area contributed by atoms with Crippen LogP contribution in [-0.2, 0) is 4.79 Å². The first-order chi connectivity index (χ1) is 14.7. The lowest BCUT2D eigenvalue weighted by molar-refractivity contribution is -0.134. The van der Waals surface area contributed by atoms with E-state index in [1.54, 1.807) is 23.1 Å². The van der Waals surface area contributed by atoms with Crippen molar-refractivity contribution >= 4 is 63.9 Å². The molecule has 1 aliphatic heterocycles. The Labute approximate surface area is 202 Å². The van der Waals surface area contributed by atoms with Gasteiger partial charge in [0.05, 0.1) is 20.1 Å². The monoisotopic (exact) mass is 501 g/mol. The van der Waals surface area contributed by atoms with Gasteiger partial charge in [0.25, 0.3) is 5.91 Å². The van der Waals surface area contributed by atoms with E-state index in [1.165, 1.54) is 6.07 Å². The van der Waals surface area contributed by atoms with E-state index < -0.39 is 6.04 Å². The molecule has 1 saturated heterocycles. The molecule has 2 aromatic carbocycles. The van der Waals surface area contributed by atoms with Crippen LogP contribution in [0.2, 0.25) is 20.1 Å². The molecule has 0 spiro atoms. The molecule has 1 fully saturated rings. The number of amides is 2. The number of hydrogen-bond acceptors (Lipinski definition) is 3. The molecule has 1 atom stereocenters. The standard InChI is InChI=1S/C22H23Cl4N3O2/c1-13(2)20(27-21(30)14-3-5-16(23)18(25)11-14)22(31)29-9-7-28(8-10-29)15-4-6-17(24)19(26)12-15/h3-6,11-13,20H,7-10H2,1-2H3,(H,27,30)/t20-/m1/s1. The molecule has 166 valence electrons. The van der Waals surface area contributed by atoms with Gasteiger partial charge in [0.15, 0.2) is 0 Å². The summed E-state index contributed by atoms with van der Waals surface area (Å²) in [5.74, 6) is -0.537. The van der Waals surface area contributed by atoms with Crippen LogP contribution in [0.4, 0.5) is 5.69 Å². The fourth-order valence-corrected chi connectivity index (χ4v) is 4.03. The van der Waals surface area contributed by atoms with Crippen LogP contribution in [0, 0.1) is 5.92 Å². The summed E-state index contributed by atoms with van der Waals surface area (Å²) in [7, 11) is 0. The fourth-order valence-electron chi connectivity index (χ4n) is 3.44. The Morgan fingerprint density at radius 1 is 0.839 bits per heavy atom. The van der Waals surface area contributed by atoms with E-state index in [2.05, 4.69) is 10.2 Å². The van der Waals surface area contributed by atoms with E-state index in [1.807, 2.05) is 26.0 Å². The molecule has 2 aromatic rings. The van der Waals surface area contributed by atoms with E-state index in [-0.39, 0.29) is 17.7 Å². The zero-order chi connectivity index (χ0) is 22.7. The van der Waals surface area contributed by atoms with Crippen LogP contribution in [0.5, 0.6) is 0 Å². The molecule has 0 aliphatic carbocycles. The molecule has 31 heavy (non-hydrogen) atoms. The number of hydrogen-bond donors (Lipinski definition) is 1. The summed E-state index contributed by atoms with van der Waals surface area (Å²) in [6.45, 7) is 6.23. The van der Waals surface area contributed by atoms with Crippen LogP contribution >= 0.6 is 46.4 Å². The minimum absolute atomic E-state index is 0.0766. The summed E-state index contributed by atoms with van der Waals surface area (Å²) in [4.78, 5) is 29.8. The first-order valence-electron chi connectivity index (χ1n) is 9.92. The van der Waals surface area contributed by atoms with Gasteiger partial charge in [0, 0.05) is 37.4 Å². The Kier molecular flexibility index (Phi) is 7.98. The molecule has 0 bridgehead atoms. The van der Waals surface area contributed by atoms with Crippen molar-refractivity contribution in [3.8, 4) is 0 Å². The molecule has 2 amide bonds. The van der Waals surface area contributed by atoms with Crippen LogP contribution in [0.15, 0.2) is 36.4 Å². The lowest BCUT2D eigenvalue weighted by Crippen LogP contribution is -2.56. The molecule has 0 aromatic heterocycles. The Balaban J connectivity index is 1.64. The van der Waals surface area contributed by atoms with Gasteiger partial charge in [-0.25, -0.2) is 0 Å². The number of benzene rings is 2. The van der Waals surface area contributed by atoms with E-state index >= 15 is 0 Å². The van der Waals surface area contributed by atoms with Gasteiger partial charge in [-0.2, -0.15) is 0 Å². The number of piperazine rings is 1. The van der Waals surface area contributed by atoms with Crippen LogP contribution in [-0.4, -0.2) is 48.9 Å². The maximum absolute atomic E-state index is 13.2. The van der Waals surface area contributed by atoms with Gasteiger partial charge in [-0.15, -0.1) is 0 Å². The number of nitrogens with one attached hydrogen (secondary N) is 1. The summed E-state index contributed by atoms with van der Waals surface area (Å²) >= 11 is 24.1. The van der Waals surface area contributed by atoms with Crippen molar-refractivity contribution in [1.29, 1.82) is 0 Å². The van der Waals surface area contributed by atoms with Crippen molar-refractivity contribution in [2.45, 2.75) is 19.9 Å². The third kappa shape index (κ3) is 5.78. The first kappa shape index (κ1) is 24.0. The maximum atomic E-state index is 13.2. The third-order valence-electron chi connectivity index (χ3n) is 5.26. The molecule has 0 saturated carbocycles. The van der Waals surface area contributed by atoms with Crippen molar-refractivity contribution in [3.63, 3.8) is 0 Å². The number of nitrogens with zero attached hydrogens (tertiary/aromatic N) is 2. The van der Waals surface area contributed by atoms with Crippen LogP contribution < -0.4 is 10.2 Å². The Bertz CT molecular complexity index is 975. The zero-order valence-corrected chi connectivity index (χ0v) is 20.2. The van der Waals surface area contributed by atoms with Gasteiger partial charge in [-0.1, -0.05) is 60.3 Å². The highest BCUT2D eigenvalue weighted by Gasteiger charge is 2.31. The highest BCUT2D eigenvalue weighted by molar-refractivity contribution is 6.42. The number of carbonyl (C=O) groups excluding carboxylic acids is 2. The second kappa shape index (κ2) is 10.3. The largest absolute Gasteiger partial charge is 0.368 e. The summed E-state index contributed by atoms with van der Waals surface area (Å²) in [5, 5.41) is 4.53. The Hall–Kier alpha value is -1.66. The van der Waals surface area contributed by atoms with Crippen LogP contribution in [0.25, 0.3) is 0 Å². The summed E-state index contributed by atoms with van der Waals surface area (Å²) in [6, 6.07) is 9.52. The lowest BCUT2D eigenvalue weighted by atomic mass is 10.0. The predicted molar refractivity (Wildman–Crippen MR) is 128 cm³/mol. The topological polar surface area (TPSA) is 52.7 Å². The van der Waals surface area contributed by atoms with Crippen molar-refractivity contribution in [3.05, 3.63) is 62.1 Å². The molecule has 1 aliphatic rings. The molecule has 0 radical (unpaired) electrons. The highest BCUT2D eigenvalue weighted by atomic mass is 35.5. The van der Waals surface area contributed by atoms with Crippen molar-refractivity contribution in [2.24, 2.45) is 5.92 Å². The third-order valence-corrected chi connectivity index (χ3v) is 6.74. The molecule has 5 nitrogen and oxygen atoms in total. The van der Waals surface area contributed by atoms with Gasteiger partial charge in [0.2, 0.25) is 5.91 Å². The van der Waals surface area contributed by atoms with Crippen LogP contribution in [0.1, 0.15) is 24.2 Å². The Morgan fingerprint density at radius 3 is 1.97 bits per heavy atom. The van der Waals surface area contributed by atoms with Gasteiger partial charge in [-0.3, -0.25) is 9.59 Å². The zero-order valence-electron chi connectivity index (χ0n) is 17.2. The maximum Gasteiger partial charge on any atom is 0.251 e. The minimum Gasteiger partial charge on any atom is -0.368 e. The molecule has 0 unspecified atom stereocenters. The molecular weight excluding hydrogens is 480 g/mol. The smallest absolute Gasteiger partial charge is 0.251 e. The summed E-state index contributed by atoms with van der Waals surface area (Å²) in [5.41, 5.74) is 1.33. The highest BCUT2D eigenvalue weighted by Crippen LogP contribution is 2.28. The molecule has 9 heteroatoms. The normalized spacial score (nSPS) is 15.2. The average Bonchev–Trinajstić information content (AvgIpc) is 2.75. The molecule has 3 rings (SSSR count). The number of anilines is 1. The van der Waals surface area contributed by atoms with Gasteiger partial charge < -0.3 is 15.1 Å². The molecule has 1 N–H and O–H groups in total. The van der Waals surface area contributed by atoms with E-state index in [9.17, 15) is 9.59 Å². The Morgan fingerprint density at radius 2 is 1.42 bits per heavy atom. The van der Waals surface area contributed by atoms with Gasteiger partial charge in [-0.05, 0) is 42.3 Å². The van der Waals surface area contributed by atoms with Crippen molar-refractivity contribution in [1.82, 2.24) is 10.2 Å². The van der Waals surface area contributed by atoms with Crippen molar-refractivity contribution < 1.29 is 9.59 Å². The first-order valence-corrected chi connectivity index (χ1v) is 11.4. The lowest BCUT2D eigenvalue weighted by Gasteiger charge is -2.38. The second-order valence-corrected chi connectivity index (χ2v) is 9.36. The molecule has 1 heterocycles. The second-order valence-electron chi connectivity index (χ2n) is 7.73. The SMILES string of the molecule is CC(C)[C@@H](NC(=O)c1ccc(Cl)c(Cl)c1)C(=O)N1CCN(c2ccc(Cl)c(Cl)c2)CC1. The van der Waals surface area contributed by atoms with E-state index in [0.29, 0.717) is 51.8 Å². The quantitative estimate of drug-likeness (QED) is 0.595. The average molecular weight is 503 g/mol. The summed E-state index contributed by atoms with van der Waals surface area (Å²) < 4.78 is 0. The number of halogens is 4. The summed E-state index contributed by atoms with van der Waals surface area (Å²) in [6.07, 6.45) is 0. The minimum atomic E-state index is -0.640. The van der Waals surface area contributed by atoms with E-state index in [0.717, 1.165) is 5.69 Å². The van der Waals surface area contributed by atoms with Crippen molar-refractivity contribution in [2.75, 3.05) is 31.1 Å².